The Bertz CT molecular complexity index is 924. The molecule has 0 bridgehead atoms. The average molecular weight is 426 g/mol. The third-order valence-electron chi connectivity index (χ3n) is 5.28. The molecule has 31 heavy (non-hydrogen) atoms. The quantitative estimate of drug-likeness (QED) is 0.704. The van der Waals surface area contributed by atoms with Crippen LogP contribution in [0, 0.1) is 13.8 Å². The van der Waals surface area contributed by atoms with Crippen molar-refractivity contribution in [2.24, 2.45) is 0 Å². The molecular weight excluding hydrogens is 394 g/mol. The average Bonchev–Trinajstić information content (AvgIpc) is 2.74. The fourth-order valence-corrected chi connectivity index (χ4v) is 3.61. The van der Waals surface area contributed by atoms with Gasteiger partial charge in [-0.25, -0.2) is 0 Å². The molecule has 0 unspecified atom stereocenters. The molecule has 2 aromatic carbocycles. The van der Waals surface area contributed by atoms with Crippen molar-refractivity contribution in [1.82, 2.24) is 9.80 Å². The highest BCUT2D eigenvalue weighted by molar-refractivity contribution is 5.94. The van der Waals surface area contributed by atoms with Crippen LogP contribution in [0.15, 0.2) is 36.4 Å². The molecule has 0 atom stereocenters. The van der Waals surface area contributed by atoms with Crippen molar-refractivity contribution < 1.29 is 19.1 Å². The van der Waals surface area contributed by atoms with Crippen molar-refractivity contribution in [3.05, 3.63) is 53.1 Å². The zero-order valence-corrected chi connectivity index (χ0v) is 18.7. The fraction of sp³-hybridized carbons (Fsp3) is 0.417. The van der Waals surface area contributed by atoms with Crippen molar-refractivity contribution in [2.75, 3.05) is 45.2 Å². The maximum absolute atomic E-state index is 12.8. The molecule has 1 aliphatic heterocycles. The third kappa shape index (κ3) is 5.98. The molecule has 1 aliphatic rings. The molecule has 7 nitrogen and oxygen atoms in total. The molecule has 0 saturated heterocycles. The van der Waals surface area contributed by atoms with Crippen molar-refractivity contribution in [3.8, 4) is 11.5 Å². The number of ether oxygens (including phenoxy) is 2. The van der Waals surface area contributed by atoms with Crippen LogP contribution in [0.4, 0.5) is 5.69 Å². The van der Waals surface area contributed by atoms with E-state index >= 15 is 0 Å². The van der Waals surface area contributed by atoms with E-state index in [0.29, 0.717) is 32.1 Å². The molecule has 1 N–H and O–H groups in total. The van der Waals surface area contributed by atoms with Crippen LogP contribution in [0.25, 0.3) is 0 Å². The first kappa shape index (κ1) is 22.6. The van der Waals surface area contributed by atoms with Gasteiger partial charge in [-0.3, -0.25) is 14.5 Å². The lowest BCUT2D eigenvalue weighted by molar-refractivity contribution is -0.132. The fourth-order valence-electron chi connectivity index (χ4n) is 3.61. The number of likely N-dealkylation sites (N-methyl/N-ethyl adjacent to an activating group) is 2. The molecule has 2 aromatic rings. The van der Waals surface area contributed by atoms with E-state index < -0.39 is 0 Å². The Morgan fingerprint density at radius 3 is 2.35 bits per heavy atom. The second-order valence-electron chi connectivity index (χ2n) is 7.87. The van der Waals surface area contributed by atoms with Crippen molar-refractivity contribution in [3.63, 3.8) is 0 Å². The number of aryl methyl sites for hydroxylation is 2. The van der Waals surface area contributed by atoms with Crippen LogP contribution in [-0.4, -0.2) is 61.5 Å². The van der Waals surface area contributed by atoms with Gasteiger partial charge in [-0.2, -0.15) is 0 Å². The molecule has 166 valence electrons. The Morgan fingerprint density at radius 2 is 1.68 bits per heavy atom. The lowest BCUT2D eigenvalue weighted by atomic mass is 10.1. The second-order valence-corrected chi connectivity index (χ2v) is 7.87. The molecule has 0 fully saturated rings. The summed E-state index contributed by atoms with van der Waals surface area (Å²) in [4.78, 5) is 28.8. The largest absolute Gasteiger partial charge is 0.486 e. The van der Waals surface area contributed by atoms with Gasteiger partial charge in [0.05, 0.1) is 13.1 Å². The van der Waals surface area contributed by atoms with E-state index in [4.69, 9.17) is 9.47 Å². The Balaban J connectivity index is 1.54. The van der Waals surface area contributed by atoms with Crippen LogP contribution < -0.4 is 14.8 Å². The molecule has 0 aliphatic carbocycles. The standard InChI is InChI=1S/C24H31N3O4/c1-5-27(14-19-9-10-20-21(13-19)31-12-11-30-20)23(29)16-26(4)15-22(28)25-24-17(2)7-6-8-18(24)3/h6-10,13H,5,11-12,14-16H2,1-4H3,(H,25,28). The van der Waals surface area contributed by atoms with Gasteiger partial charge in [0, 0.05) is 18.8 Å². The summed E-state index contributed by atoms with van der Waals surface area (Å²) >= 11 is 0. The first-order chi connectivity index (χ1) is 14.9. The smallest absolute Gasteiger partial charge is 0.238 e. The molecule has 7 heteroatoms. The van der Waals surface area contributed by atoms with Crippen LogP contribution in [0.3, 0.4) is 0 Å². The number of hydrogen-bond donors (Lipinski definition) is 1. The molecule has 3 rings (SSSR count). The lowest BCUT2D eigenvalue weighted by Crippen LogP contribution is -2.41. The molecule has 0 spiro atoms. The summed E-state index contributed by atoms with van der Waals surface area (Å²) < 4.78 is 11.2. The number of para-hydroxylation sites is 1. The highest BCUT2D eigenvalue weighted by Crippen LogP contribution is 2.31. The van der Waals surface area contributed by atoms with Gasteiger partial charge in [-0.1, -0.05) is 24.3 Å². The summed E-state index contributed by atoms with van der Waals surface area (Å²) in [7, 11) is 1.78. The predicted octanol–water partition coefficient (Wildman–Crippen LogP) is 2.99. The van der Waals surface area contributed by atoms with Crippen LogP contribution in [-0.2, 0) is 16.1 Å². The minimum Gasteiger partial charge on any atom is -0.486 e. The highest BCUT2D eigenvalue weighted by Gasteiger charge is 2.18. The van der Waals surface area contributed by atoms with Gasteiger partial charge in [-0.05, 0) is 56.6 Å². The monoisotopic (exact) mass is 425 g/mol. The third-order valence-corrected chi connectivity index (χ3v) is 5.28. The number of carbonyl (C=O) groups excluding carboxylic acids is 2. The molecule has 0 radical (unpaired) electrons. The van der Waals surface area contributed by atoms with E-state index in [0.717, 1.165) is 28.1 Å². The predicted molar refractivity (Wildman–Crippen MR) is 121 cm³/mol. The number of nitrogens with one attached hydrogen (secondary N) is 1. The summed E-state index contributed by atoms with van der Waals surface area (Å²) in [5.74, 6) is 1.29. The van der Waals surface area contributed by atoms with E-state index in [1.165, 1.54) is 0 Å². The molecule has 2 amide bonds. The normalized spacial score (nSPS) is 12.5. The maximum Gasteiger partial charge on any atom is 0.238 e. The summed E-state index contributed by atoms with van der Waals surface area (Å²) in [6.07, 6.45) is 0. The molecule has 0 saturated carbocycles. The number of rotatable bonds is 8. The Hall–Kier alpha value is -3.06. The number of nitrogens with zero attached hydrogens (tertiary/aromatic N) is 2. The summed E-state index contributed by atoms with van der Waals surface area (Å²) in [6, 6.07) is 11.6. The first-order valence-corrected chi connectivity index (χ1v) is 10.6. The SMILES string of the molecule is CCN(Cc1ccc2c(c1)OCCO2)C(=O)CN(C)CC(=O)Nc1c(C)cccc1C. The van der Waals surface area contributed by atoms with E-state index in [-0.39, 0.29) is 24.9 Å². The van der Waals surface area contributed by atoms with E-state index in [9.17, 15) is 9.59 Å². The Labute approximate surface area is 183 Å². The topological polar surface area (TPSA) is 71.1 Å². The number of hydrogen-bond acceptors (Lipinski definition) is 5. The zero-order chi connectivity index (χ0) is 22.4. The van der Waals surface area contributed by atoms with Gasteiger partial charge >= 0.3 is 0 Å². The Kier molecular flexibility index (Phi) is 7.52. The number of amides is 2. The van der Waals surface area contributed by atoms with Crippen LogP contribution in [0.5, 0.6) is 11.5 Å². The van der Waals surface area contributed by atoms with Crippen molar-refractivity contribution >= 4 is 17.5 Å². The van der Waals surface area contributed by atoms with Gasteiger partial charge in [0.25, 0.3) is 0 Å². The Morgan fingerprint density at radius 1 is 1.00 bits per heavy atom. The minimum atomic E-state index is -0.136. The van der Waals surface area contributed by atoms with Crippen LogP contribution in [0.1, 0.15) is 23.6 Å². The number of benzene rings is 2. The van der Waals surface area contributed by atoms with Gasteiger partial charge in [-0.15, -0.1) is 0 Å². The summed E-state index contributed by atoms with van der Waals surface area (Å²) in [6.45, 7) is 8.32. The number of anilines is 1. The zero-order valence-electron chi connectivity index (χ0n) is 18.7. The van der Waals surface area contributed by atoms with Crippen LogP contribution >= 0.6 is 0 Å². The number of fused-ring (bicyclic) bond motifs is 1. The summed E-state index contributed by atoms with van der Waals surface area (Å²) in [5, 5.41) is 2.96. The van der Waals surface area contributed by atoms with E-state index in [2.05, 4.69) is 5.32 Å². The van der Waals surface area contributed by atoms with E-state index in [1.54, 1.807) is 16.8 Å². The molecule has 0 aromatic heterocycles. The van der Waals surface area contributed by atoms with Crippen molar-refractivity contribution in [1.29, 1.82) is 0 Å². The van der Waals surface area contributed by atoms with Gasteiger partial charge in [0.15, 0.2) is 11.5 Å². The van der Waals surface area contributed by atoms with Gasteiger partial charge in [0.2, 0.25) is 11.8 Å². The van der Waals surface area contributed by atoms with E-state index in [1.807, 2.05) is 57.2 Å². The lowest BCUT2D eigenvalue weighted by Gasteiger charge is -2.25. The summed E-state index contributed by atoms with van der Waals surface area (Å²) in [5.41, 5.74) is 3.85. The van der Waals surface area contributed by atoms with Crippen LogP contribution in [0.2, 0.25) is 0 Å². The van der Waals surface area contributed by atoms with Gasteiger partial charge in [0.1, 0.15) is 13.2 Å². The molecule has 1 heterocycles. The highest BCUT2D eigenvalue weighted by atomic mass is 16.6. The second kappa shape index (κ2) is 10.3. The van der Waals surface area contributed by atoms with Gasteiger partial charge < -0.3 is 19.7 Å². The number of carbonyl (C=O) groups is 2. The van der Waals surface area contributed by atoms with Crippen molar-refractivity contribution in [2.45, 2.75) is 27.3 Å². The maximum atomic E-state index is 12.8. The molecular formula is C24H31N3O4. The first-order valence-electron chi connectivity index (χ1n) is 10.6. The minimum absolute atomic E-state index is 0.0280.